The van der Waals surface area contributed by atoms with E-state index < -0.39 is 11.9 Å². The monoisotopic (exact) mass is 317 g/mol. The van der Waals surface area contributed by atoms with Crippen LogP contribution in [0.4, 0.5) is 5.82 Å². The molecule has 5 nitrogen and oxygen atoms in total. The molecule has 1 heterocycles. The van der Waals surface area contributed by atoms with Crippen LogP contribution in [0.25, 0.3) is 0 Å². The lowest BCUT2D eigenvalue weighted by Crippen LogP contribution is -2.29. The predicted molar refractivity (Wildman–Crippen MR) is 88.1 cm³/mol. The van der Waals surface area contributed by atoms with Crippen molar-refractivity contribution >= 4 is 23.5 Å². The van der Waals surface area contributed by atoms with Gasteiger partial charge in [-0.3, -0.25) is 9.78 Å². The van der Waals surface area contributed by atoms with E-state index in [0.29, 0.717) is 12.4 Å². The standard InChI is InChI=1S/C16H19N3O2S/c1-12(16(20)21)10-19(2)14-8-17-9-15(18-14)22-11-13-6-4-3-5-7-13/h3-9,12H,10-11H2,1-2H3,(H,20,21). The normalized spacial score (nSPS) is 11.9. The third-order valence-corrected chi connectivity index (χ3v) is 4.16. The summed E-state index contributed by atoms with van der Waals surface area (Å²) in [5.41, 5.74) is 1.23. The van der Waals surface area contributed by atoms with Crippen molar-refractivity contribution < 1.29 is 9.90 Å². The van der Waals surface area contributed by atoms with Gasteiger partial charge in [-0.15, -0.1) is 11.8 Å². The fourth-order valence-electron chi connectivity index (χ4n) is 1.91. The molecule has 0 spiro atoms. The second kappa shape index (κ2) is 7.79. The molecule has 2 aromatic rings. The zero-order valence-corrected chi connectivity index (χ0v) is 13.5. The molecule has 1 atom stereocenters. The van der Waals surface area contributed by atoms with Gasteiger partial charge in [-0.2, -0.15) is 0 Å². The van der Waals surface area contributed by atoms with E-state index in [1.165, 1.54) is 5.56 Å². The maximum absolute atomic E-state index is 10.9. The second-order valence-electron chi connectivity index (χ2n) is 5.11. The van der Waals surface area contributed by atoms with Gasteiger partial charge in [0, 0.05) is 19.3 Å². The van der Waals surface area contributed by atoms with Crippen LogP contribution in [0.1, 0.15) is 12.5 Å². The first-order valence-electron chi connectivity index (χ1n) is 6.99. The molecule has 0 saturated heterocycles. The summed E-state index contributed by atoms with van der Waals surface area (Å²) in [5.74, 6) is 0.252. The number of carbonyl (C=O) groups is 1. The van der Waals surface area contributed by atoms with Crippen molar-refractivity contribution in [3.8, 4) is 0 Å². The van der Waals surface area contributed by atoms with Gasteiger partial charge < -0.3 is 10.0 Å². The quantitative estimate of drug-likeness (QED) is 0.792. The Morgan fingerprint density at radius 3 is 2.73 bits per heavy atom. The second-order valence-corrected chi connectivity index (χ2v) is 6.11. The highest BCUT2D eigenvalue weighted by atomic mass is 32.2. The summed E-state index contributed by atoms with van der Waals surface area (Å²) in [6, 6.07) is 10.2. The molecule has 0 saturated carbocycles. The Morgan fingerprint density at radius 2 is 2.05 bits per heavy atom. The van der Waals surface area contributed by atoms with E-state index in [0.717, 1.165) is 10.8 Å². The van der Waals surface area contributed by atoms with E-state index >= 15 is 0 Å². The Kier molecular flexibility index (Phi) is 5.77. The van der Waals surface area contributed by atoms with Crippen molar-refractivity contribution in [2.75, 3.05) is 18.5 Å². The third-order valence-electron chi connectivity index (χ3n) is 3.19. The zero-order chi connectivity index (χ0) is 15.9. The highest BCUT2D eigenvalue weighted by Gasteiger charge is 2.15. The number of nitrogens with zero attached hydrogens (tertiary/aromatic N) is 3. The summed E-state index contributed by atoms with van der Waals surface area (Å²) in [6.45, 7) is 2.08. The molecule has 0 radical (unpaired) electrons. The number of hydrogen-bond donors (Lipinski definition) is 1. The Labute approximate surface area is 134 Å². The number of aliphatic carboxylic acids is 1. The summed E-state index contributed by atoms with van der Waals surface area (Å²) in [5, 5.41) is 9.81. The van der Waals surface area contributed by atoms with Crippen LogP contribution in [0.3, 0.4) is 0 Å². The van der Waals surface area contributed by atoms with Crippen molar-refractivity contribution in [2.45, 2.75) is 17.7 Å². The van der Waals surface area contributed by atoms with Crippen LogP contribution in [-0.4, -0.2) is 34.6 Å². The first-order chi connectivity index (χ1) is 10.6. The summed E-state index contributed by atoms with van der Waals surface area (Å²) < 4.78 is 0. The Balaban J connectivity index is 1.98. The maximum Gasteiger partial charge on any atom is 0.308 e. The third kappa shape index (κ3) is 4.73. The Morgan fingerprint density at radius 1 is 1.32 bits per heavy atom. The summed E-state index contributed by atoms with van der Waals surface area (Å²) >= 11 is 1.61. The smallest absolute Gasteiger partial charge is 0.308 e. The Bertz CT molecular complexity index is 622. The van der Waals surface area contributed by atoms with Crippen LogP contribution in [0.5, 0.6) is 0 Å². The molecule has 0 aliphatic carbocycles. The fraction of sp³-hybridized carbons (Fsp3) is 0.312. The van der Waals surface area contributed by atoms with Gasteiger partial charge in [-0.1, -0.05) is 37.3 Å². The van der Waals surface area contributed by atoms with E-state index in [9.17, 15) is 4.79 Å². The van der Waals surface area contributed by atoms with E-state index in [1.54, 1.807) is 31.1 Å². The lowest BCUT2D eigenvalue weighted by molar-refractivity contribution is -0.140. The number of carboxylic acids is 1. The molecule has 0 aliphatic heterocycles. The number of aromatic nitrogens is 2. The van der Waals surface area contributed by atoms with Crippen molar-refractivity contribution in [1.29, 1.82) is 0 Å². The molecule has 1 unspecified atom stereocenters. The van der Waals surface area contributed by atoms with Crippen molar-refractivity contribution in [1.82, 2.24) is 9.97 Å². The number of benzene rings is 1. The first kappa shape index (κ1) is 16.3. The molecule has 1 aromatic heterocycles. The molecule has 0 fully saturated rings. The number of carboxylic acid groups (broad SMARTS) is 1. The minimum atomic E-state index is -0.811. The highest BCUT2D eigenvalue weighted by molar-refractivity contribution is 7.98. The fourth-order valence-corrected chi connectivity index (χ4v) is 2.71. The molecule has 0 amide bonds. The highest BCUT2D eigenvalue weighted by Crippen LogP contribution is 2.22. The minimum Gasteiger partial charge on any atom is -0.481 e. The molecule has 1 N–H and O–H groups in total. The number of anilines is 1. The van der Waals surface area contributed by atoms with Gasteiger partial charge in [0.2, 0.25) is 0 Å². The van der Waals surface area contributed by atoms with Crippen LogP contribution in [0.2, 0.25) is 0 Å². The Hall–Kier alpha value is -2.08. The molecule has 2 rings (SSSR count). The lowest BCUT2D eigenvalue weighted by Gasteiger charge is -2.20. The van der Waals surface area contributed by atoms with Crippen molar-refractivity contribution in [3.63, 3.8) is 0 Å². The van der Waals surface area contributed by atoms with Gasteiger partial charge in [0.15, 0.2) is 0 Å². The van der Waals surface area contributed by atoms with Crippen LogP contribution in [0, 0.1) is 5.92 Å². The van der Waals surface area contributed by atoms with Crippen molar-refractivity contribution in [3.05, 3.63) is 48.3 Å². The average molecular weight is 317 g/mol. The van der Waals surface area contributed by atoms with Gasteiger partial charge in [0.1, 0.15) is 10.8 Å². The molecule has 0 aliphatic rings. The SMILES string of the molecule is CC(CN(C)c1cncc(SCc2ccccc2)n1)C(=O)O. The lowest BCUT2D eigenvalue weighted by atomic mass is 10.2. The molecule has 0 bridgehead atoms. The van der Waals surface area contributed by atoms with E-state index in [4.69, 9.17) is 5.11 Å². The van der Waals surface area contributed by atoms with Crippen LogP contribution >= 0.6 is 11.8 Å². The summed E-state index contributed by atoms with van der Waals surface area (Å²) in [4.78, 5) is 21.5. The number of rotatable bonds is 7. The first-order valence-corrected chi connectivity index (χ1v) is 7.97. The average Bonchev–Trinajstić information content (AvgIpc) is 2.54. The zero-order valence-electron chi connectivity index (χ0n) is 12.6. The van der Waals surface area contributed by atoms with Gasteiger partial charge in [-0.25, -0.2) is 4.98 Å². The van der Waals surface area contributed by atoms with Gasteiger partial charge in [-0.05, 0) is 5.56 Å². The van der Waals surface area contributed by atoms with Crippen LogP contribution in [-0.2, 0) is 10.5 Å². The number of thioether (sulfide) groups is 1. The minimum absolute atomic E-state index is 0.400. The molecule has 22 heavy (non-hydrogen) atoms. The van der Waals surface area contributed by atoms with Gasteiger partial charge in [0.25, 0.3) is 0 Å². The number of hydrogen-bond acceptors (Lipinski definition) is 5. The maximum atomic E-state index is 10.9. The largest absolute Gasteiger partial charge is 0.481 e. The van der Waals surface area contributed by atoms with Gasteiger partial charge in [0.05, 0.1) is 18.3 Å². The molecular weight excluding hydrogens is 298 g/mol. The summed E-state index contributed by atoms with van der Waals surface area (Å²) in [7, 11) is 1.83. The molecule has 1 aromatic carbocycles. The summed E-state index contributed by atoms with van der Waals surface area (Å²) in [6.07, 6.45) is 3.38. The van der Waals surface area contributed by atoms with E-state index in [2.05, 4.69) is 22.1 Å². The van der Waals surface area contributed by atoms with Crippen molar-refractivity contribution in [2.24, 2.45) is 5.92 Å². The molecule has 116 valence electrons. The van der Waals surface area contributed by atoms with Crippen LogP contribution < -0.4 is 4.90 Å². The van der Waals surface area contributed by atoms with Crippen LogP contribution in [0.15, 0.2) is 47.8 Å². The predicted octanol–water partition coefficient (Wildman–Crippen LogP) is 2.93. The van der Waals surface area contributed by atoms with E-state index in [1.807, 2.05) is 30.1 Å². The topological polar surface area (TPSA) is 66.3 Å². The molecular formula is C16H19N3O2S. The van der Waals surface area contributed by atoms with E-state index in [-0.39, 0.29) is 0 Å². The molecule has 6 heteroatoms. The van der Waals surface area contributed by atoms with Gasteiger partial charge >= 0.3 is 5.97 Å².